The monoisotopic (exact) mass is 345 g/mol. The summed E-state index contributed by atoms with van der Waals surface area (Å²) in [5.74, 6) is 0.447. The highest BCUT2D eigenvalue weighted by Crippen LogP contribution is 2.28. The van der Waals surface area contributed by atoms with Gasteiger partial charge in [-0.3, -0.25) is 4.79 Å². The van der Waals surface area contributed by atoms with Gasteiger partial charge in [-0.1, -0.05) is 12.5 Å². The third kappa shape index (κ3) is 4.21. The molecule has 136 valence electrons. The summed E-state index contributed by atoms with van der Waals surface area (Å²) >= 11 is 0. The molecule has 2 aliphatic rings. The van der Waals surface area contributed by atoms with Crippen molar-refractivity contribution in [2.45, 2.75) is 51.5 Å². The van der Waals surface area contributed by atoms with Crippen LogP contribution < -0.4 is 10.2 Å². The van der Waals surface area contributed by atoms with E-state index >= 15 is 0 Å². The Bertz CT molecular complexity index is 642. The Morgan fingerprint density at radius 3 is 2.76 bits per heavy atom. The number of aryl methyl sites for hydroxylation is 1. The van der Waals surface area contributed by atoms with Crippen molar-refractivity contribution in [3.05, 3.63) is 29.3 Å². The van der Waals surface area contributed by atoms with Crippen LogP contribution in [0, 0.1) is 12.8 Å². The number of quaternary nitrogens is 1. The van der Waals surface area contributed by atoms with E-state index in [1.807, 2.05) is 13.0 Å². The van der Waals surface area contributed by atoms with Gasteiger partial charge in [0, 0.05) is 11.6 Å². The van der Waals surface area contributed by atoms with Gasteiger partial charge in [0.05, 0.1) is 25.3 Å². The minimum atomic E-state index is -0.387. The van der Waals surface area contributed by atoms with Gasteiger partial charge < -0.3 is 15.0 Å². The van der Waals surface area contributed by atoms with Gasteiger partial charge in [0.25, 0.3) is 5.91 Å². The van der Waals surface area contributed by atoms with Crippen LogP contribution in [0.15, 0.2) is 18.2 Å². The van der Waals surface area contributed by atoms with Crippen LogP contribution in [0.4, 0.5) is 5.69 Å². The minimum Gasteiger partial charge on any atom is -0.465 e. The van der Waals surface area contributed by atoms with Gasteiger partial charge in [-0.25, -0.2) is 4.79 Å². The van der Waals surface area contributed by atoms with Gasteiger partial charge >= 0.3 is 5.97 Å². The number of ether oxygens (including phenoxy) is 1. The molecule has 1 amide bonds. The van der Waals surface area contributed by atoms with Crippen molar-refractivity contribution in [2.24, 2.45) is 5.92 Å². The molecule has 3 rings (SSSR count). The molecule has 5 heteroatoms. The van der Waals surface area contributed by atoms with E-state index in [1.165, 1.54) is 50.5 Å². The molecule has 3 atom stereocenters. The number of likely N-dealkylation sites (tertiary alicyclic amines) is 1. The highest BCUT2D eigenvalue weighted by Gasteiger charge is 2.37. The fourth-order valence-electron chi connectivity index (χ4n) is 4.49. The first-order valence-corrected chi connectivity index (χ1v) is 9.42. The number of anilines is 1. The van der Waals surface area contributed by atoms with Crippen LogP contribution in [-0.2, 0) is 9.53 Å². The number of nitrogens with one attached hydrogen (secondary N) is 2. The van der Waals surface area contributed by atoms with Crippen LogP contribution in [-0.4, -0.2) is 38.1 Å². The van der Waals surface area contributed by atoms with Crippen molar-refractivity contribution in [3.8, 4) is 0 Å². The van der Waals surface area contributed by atoms with E-state index in [1.54, 1.807) is 12.1 Å². The second-order valence-electron chi connectivity index (χ2n) is 7.45. The molecule has 0 radical (unpaired) electrons. The Balaban J connectivity index is 1.65. The Labute approximate surface area is 149 Å². The Morgan fingerprint density at radius 1 is 1.20 bits per heavy atom. The molecule has 25 heavy (non-hydrogen) atoms. The standard InChI is InChI=1S/C20H28N2O3/c1-14-9-10-16(20(24)25-2)12-17(14)21-19(23)13-22-11-5-7-15-6-3-4-8-18(15)22/h9-10,12,15,18H,3-8,11,13H2,1-2H3,(H,21,23)/p+1/t15-,18-/m0/s1. The molecule has 5 nitrogen and oxygen atoms in total. The summed E-state index contributed by atoms with van der Waals surface area (Å²) in [6.07, 6.45) is 7.78. The largest absolute Gasteiger partial charge is 0.465 e. The number of amides is 1. The Hall–Kier alpha value is -1.88. The van der Waals surface area contributed by atoms with E-state index in [4.69, 9.17) is 4.74 Å². The molecule has 0 aromatic heterocycles. The van der Waals surface area contributed by atoms with Crippen molar-refractivity contribution in [1.29, 1.82) is 0 Å². The second kappa shape index (κ2) is 8.00. The first-order chi connectivity index (χ1) is 12.1. The highest BCUT2D eigenvalue weighted by atomic mass is 16.5. The normalized spacial score (nSPS) is 25.8. The fourth-order valence-corrected chi connectivity index (χ4v) is 4.49. The number of piperidine rings is 1. The molecule has 1 aliphatic carbocycles. The summed E-state index contributed by atoms with van der Waals surface area (Å²) < 4.78 is 4.76. The van der Waals surface area contributed by atoms with Crippen molar-refractivity contribution >= 4 is 17.6 Å². The fraction of sp³-hybridized carbons (Fsp3) is 0.600. The molecule has 1 aromatic rings. The molecule has 1 aromatic carbocycles. The van der Waals surface area contributed by atoms with Crippen LogP contribution in [0.1, 0.15) is 54.4 Å². The maximum atomic E-state index is 12.6. The third-order valence-electron chi connectivity index (χ3n) is 5.83. The van der Waals surface area contributed by atoms with E-state index in [0.29, 0.717) is 23.8 Å². The molecule has 1 unspecified atom stereocenters. The number of carbonyl (C=O) groups excluding carboxylic acids is 2. The van der Waals surface area contributed by atoms with Crippen molar-refractivity contribution < 1.29 is 19.2 Å². The molecular weight excluding hydrogens is 316 g/mol. The lowest BCUT2D eigenvalue weighted by Gasteiger charge is -2.40. The number of methoxy groups -OCH3 is 1. The van der Waals surface area contributed by atoms with Crippen molar-refractivity contribution in [1.82, 2.24) is 0 Å². The number of fused-ring (bicyclic) bond motifs is 1. The molecule has 2 fully saturated rings. The van der Waals surface area contributed by atoms with Gasteiger partial charge in [-0.05, 0) is 56.7 Å². The van der Waals surface area contributed by atoms with Gasteiger partial charge in [-0.2, -0.15) is 0 Å². The number of benzene rings is 1. The molecule has 1 saturated carbocycles. The maximum absolute atomic E-state index is 12.6. The average molecular weight is 345 g/mol. The predicted octanol–water partition coefficient (Wildman–Crippen LogP) is 1.96. The lowest BCUT2D eigenvalue weighted by Crippen LogP contribution is -3.18. The molecule has 2 N–H and O–H groups in total. The first-order valence-electron chi connectivity index (χ1n) is 9.42. The van der Waals surface area contributed by atoms with E-state index in [-0.39, 0.29) is 11.9 Å². The summed E-state index contributed by atoms with van der Waals surface area (Å²) in [6, 6.07) is 5.91. The van der Waals surface area contributed by atoms with E-state index in [2.05, 4.69) is 5.32 Å². The quantitative estimate of drug-likeness (QED) is 0.820. The third-order valence-corrected chi connectivity index (χ3v) is 5.83. The minimum absolute atomic E-state index is 0.0336. The van der Waals surface area contributed by atoms with Crippen molar-refractivity contribution in [2.75, 3.05) is 25.5 Å². The van der Waals surface area contributed by atoms with Crippen LogP contribution in [0.2, 0.25) is 0 Å². The maximum Gasteiger partial charge on any atom is 0.337 e. The van der Waals surface area contributed by atoms with Gasteiger partial charge in [0.2, 0.25) is 0 Å². The zero-order valence-corrected chi connectivity index (χ0v) is 15.3. The lowest BCUT2D eigenvalue weighted by molar-refractivity contribution is -0.928. The van der Waals surface area contributed by atoms with Gasteiger partial charge in [-0.15, -0.1) is 0 Å². The molecular formula is C20H29N2O3+. The zero-order chi connectivity index (χ0) is 17.8. The highest BCUT2D eigenvalue weighted by molar-refractivity contribution is 5.95. The smallest absolute Gasteiger partial charge is 0.337 e. The SMILES string of the molecule is COC(=O)c1ccc(C)c(NC(=O)C[NH+]2CCC[C@@H]3CCCC[C@@H]32)c1. The molecule has 0 spiro atoms. The number of hydrogen-bond donors (Lipinski definition) is 2. The summed E-state index contributed by atoms with van der Waals surface area (Å²) in [5, 5.41) is 3.00. The number of carbonyl (C=O) groups is 2. The second-order valence-corrected chi connectivity index (χ2v) is 7.45. The van der Waals surface area contributed by atoms with Gasteiger partial charge in [0.1, 0.15) is 0 Å². The van der Waals surface area contributed by atoms with Crippen molar-refractivity contribution in [3.63, 3.8) is 0 Å². The summed E-state index contributed by atoms with van der Waals surface area (Å²) in [7, 11) is 1.36. The van der Waals surface area contributed by atoms with E-state index in [0.717, 1.165) is 18.0 Å². The number of hydrogen-bond acceptors (Lipinski definition) is 3. The van der Waals surface area contributed by atoms with Gasteiger partial charge in [0.15, 0.2) is 6.54 Å². The topological polar surface area (TPSA) is 59.8 Å². The first kappa shape index (κ1) is 17.9. The van der Waals surface area contributed by atoms with E-state index < -0.39 is 0 Å². The number of esters is 1. The Kier molecular flexibility index (Phi) is 5.74. The molecule has 1 saturated heterocycles. The summed E-state index contributed by atoms with van der Waals surface area (Å²) in [6.45, 7) is 3.54. The zero-order valence-electron chi connectivity index (χ0n) is 15.3. The predicted molar refractivity (Wildman–Crippen MR) is 96.8 cm³/mol. The molecule has 0 bridgehead atoms. The average Bonchev–Trinajstić information content (AvgIpc) is 2.63. The lowest BCUT2D eigenvalue weighted by atomic mass is 9.78. The van der Waals surface area contributed by atoms with Crippen LogP contribution in [0.3, 0.4) is 0 Å². The molecule has 1 heterocycles. The van der Waals surface area contributed by atoms with E-state index in [9.17, 15) is 9.59 Å². The summed E-state index contributed by atoms with van der Waals surface area (Å²) in [5.41, 5.74) is 2.11. The Morgan fingerprint density at radius 2 is 1.96 bits per heavy atom. The van der Waals surface area contributed by atoms with Crippen LogP contribution >= 0.6 is 0 Å². The van der Waals surface area contributed by atoms with Crippen LogP contribution in [0.25, 0.3) is 0 Å². The molecule has 1 aliphatic heterocycles. The number of rotatable bonds is 4. The van der Waals surface area contributed by atoms with Crippen LogP contribution in [0.5, 0.6) is 0 Å². The summed E-state index contributed by atoms with van der Waals surface area (Å²) in [4.78, 5) is 25.7.